The van der Waals surface area contributed by atoms with Crippen molar-refractivity contribution < 1.29 is 9.59 Å². The summed E-state index contributed by atoms with van der Waals surface area (Å²) in [6.07, 6.45) is 7.34. The van der Waals surface area contributed by atoms with Crippen molar-refractivity contribution in [1.82, 2.24) is 19.6 Å². The van der Waals surface area contributed by atoms with Crippen LogP contribution in [-0.2, 0) is 16.1 Å². The first-order chi connectivity index (χ1) is 14.1. The number of amides is 2. The summed E-state index contributed by atoms with van der Waals surface area (Å²) < 4.78 is 1.59. The number of carbonyl (C=O) groups is 2. The number of benzene rings is 1. The van der Waals surface area contributed by atoms with Gasteiger partial charge in [0.1, 0.15) is 6.54 Å². The first kappa shape index (κ1) is 19.6. The van der Waals surface area contributed by atoms with Gasteiger partial charge in [-0.3, -0.25) is 19.1 Å². The Balaban J connectivity index is 1.37. The maximum Gasteiger partial charge on any atom is 0.244 e. The van der Waals surface area contributed by atoms with Crippen LogP contribution in [0.25, 0.3) is 10.9 Å². The third-order valence-electron chi connectivity index (χ3n) is 6.16. The predicted molar refractivity (Wildman–Crippen MR) is 110 cm³/mol. The molecule has 0 atom stereocenters. The highest BCUT2D eigenvalue weighted by molar-refractivity contribution is 5.82. The van der Waals surface area contributed by atoms with Crippen molar-refractivity contribution in [1.29, 1.82) is 0 Å². The van der Waals surface area contributed by atoms with Crippen LogP contribution in [0.1, 0.15) is 38.5 Å². The first-order valence-electron chi connectivity index (χ1n) is 10.6. The molecule has 4 rings (SSSR count). The van der Waals surface area contributed by atoms with Crippen molar-refractivity contribution in [2.24, 2.45) is 5.92 Å². The number of hydrogen-bond acceptors (Lipinski definition) is 4. The number of carbonyl (C=O) groups excluding carboxylic acids is 2. The minimum atomic E-state index is -0.142. The molecule has 1 aromatic heterocycles. The Bertz CT molecular complexity index is 938. The van der Waals surface area contributed by atoms with Crippen molar-refractivity contribution >= 4 is 22.7 Å². The van der Waals surface area contributed by atoms with Gasteiger partial charge in [-0.2, -0.15) is 5.10 Å². The number of fused-ring (bicyclic) bond motifs is 1. The van der Waals surface area contributed by atoms with E-state index >= 15 is 0 Å². The highest BCUT2D eigenvalue weighted by Crippen LogP contribution is 2.22. The van der Waals surface area contributed by atoms with Gasteiger partial charge in [0.2, 0.25) is 17.2 Å². The fourth-order valence-corrected chi connectivity index (χ4v) is 4.44. The van der Waals surface area contributed by atoms with Crippen molar-refractivity contribution in [3.8, 4) is 0 Å². The molecule has 2 amide bonds. The second-order valence-electron chi connectivity index (χ2n) is 8.08. The summed E-state index contributed by atoms with van der Waals surface area (Å²) in [5, 5.41) is 4.72. The standard InChI is InChI=1S/C22H28N4O3/c27-20-15-23-26(19-8-4-3-7-18(19)20)16-21(28)24-13-9-17(10-14-24)22(29)25-11-5-1-2-6-12-25/h3-4,7-8,15,17H,1-2,5-6,9-14,16H2. The van der Waals surface area contributed by atoms with Crippen LogP contribution in [0.3, 0.4) is 0 Å². The maximum atomic E-state index is 12.8. The van der Waals surface area contributed by atoms with Gasteiger partial charge in [0.15, 0.2) is 0 Å². The molecular weight excluding hydrogens is 368 g/mol. The lowest BCUT2D eigenvalue weighted by Crippen LogP contribution is -2.45. The molecule has 2 aliphatic rings. The maximum absolute atomic E-state index is 12.8. The SMILES string of the molecule is O=C(Cn1ncc(=O)c2ccccc21)N1CCC(C(=O)N2CCCCCC2)CC1. The molecule has 3 heterocycles. The van der Waals surface area contributed by atoms with Crippen LogP contribution in [0.15, 0.2) is 35.3 Å². The van der Waals surface area contributed by atoms with Crippen LogP contribution in [0.5, 0.6) is 0 Å². The molecule has 29 heavy (non-hydrogen) atoms. The molecule has 7 heteroatoms. The van der Waals surface area contributed by atoms with Crippen LogP contribution in [-0.4, -0.2) is 57.6 Å². The molecule has 0 unspecified atom stereocenters. The van der Waals surface area contributed by atoms with Gasteiger partial charge in [-0.1, -0.05) is 25.0 Å². The smallest absolute Gasteiger partial charge is 0.244 e. The zero-order valence-electron chi connectivity index (χ0n) is 16.8. The van der Waals surface area contributed by atoms with Gasteiger partial charge in [0.05, 0.1) is 11.7 Å². The van der Waals surface area contributed by atoms with Crippen LogP contribution in [0, 0.1) is 5.92 Å². The van der Waals surface area contributed by atoms with Gasteiger partial charge in [0, 0.05) is 37.5 Å². The molecule has 154 valence electrons. The third kappa shape index (κ3) is 4.33. The molecule has 2 saturated heterocycles. The second-order valence-corrected chi connectivity index (χ2v) is 8.08. The molecular formula is C22H28N4O3. The van der Waals surface area contributed by atoms with E-state index in [1.165, 1.54) is 19.0 Å². The number of hydrogen-bond donors (Lipinski definition) is 0. The Morgan fingerprint density at radius 1 is 0.931 bits per heavy atom. The average Bonchev–Trinajstić information content (AvgIpc) is 3.05. The van der Waals surface area contributed by atoms with Gasteiger partial charge in [0.25, 0.3) is 0 Å². The molecule has 0 radical (unpaired) electrons. The Labute approximate surface area is 170 Å². The highest BCUT2D eigenvalue weighted by Gasteiger charge is 2.30. The quantitative estimate of drug-likeness (QED) is 0.796. The van der Waals surface area contributed by atoms with E-state index in [0.717, 1.165) is 38.8 Å². The van der Waals surface area contributed by atoms with E-state index in [-0.39, 0.29) is 29.7 Å². The molecule has 0 spiro atoms. The number of piperidine rings is 1. The molecule has 0 N–H and O–H groups in total. The lowest BCUT2D eigenvalue weighted by molar-refractivity contribution is -0.141. The Morgan fingerprint density at radius 2 is 1.62 bits per heavy atom. The van der Waals surface area contributed by atoms with Gasteiger partial charge in [-0.25, -0.2) is 0 Å². The molecule has 0 aliphatic carbocycles. The Kier molecular flexibility index (Phi) is 5.92. The molecule has 7 nitrogen and oxygen atoms in total. The molecule has 2 aromatic rings. The van der Waals surface area contributed by atoms with Crippen molar-refractivity contribution in [3.63, 3.8) is 0 Å². The lowest BCUT2D eigenvalue weighted by Gasteiger charge is -2.34. The van der Waals surface area contributed by atoms with Crippen molar-refractivity contribution in [2.45, 2.75) is 45.1 Å². The Morgan fingerprint density at radius 3 is 2.34 bits per heavy atom. The largest absolute Gasteiger partial charge is 0.342 e. The predicted octanol–water partition coefficient (Wildman–Crippen LogP) is 2.04. The van der Waals surface area contributed by atoms with Crippen molar-refractivity contribution in [3.05, 3.63) is 40.7 Å². The van der Waals surface area contributed by atoms with E-state index in [0.29, 0.717) is 24.0 Å². The van der Waals surface area contributed by atoms with E-state index in [1.54, 1.807) is 10.7 Å². The van der Waals surface area contributed by atoms with Gasteiger partial charge in [-0.15, -0.1) is 0 Å². The average molecular weight is 396 g/mol. The minimum Gasteiger partial charge on any atom is -0.342 e. The monoisotopic (exact) mass is 396 g/mol. The van der Waals surface area contributed by atoms with Gasteiger partial charge >= 0.3 is 0 Å². The van der Waals surface area contributed by atoms with Crippen LogP contribution < -0.4 is 5.43 Å². The summed E-state index contributed by atoms with van der Waals surface area (Å²) in [7, 11) is 0. The lowest BCUT2D eigenvalue weighted by atomic mass is 9.95. The summed E-state index contributed by atoms with van der Waals surface area (Å²) in [6, 6.07) is 7.20. The second kappa shape index (κ2) is 8.76. The third-order valence-corrected chi connectivity index (χ3v) is 6.16. The zero-order valence-corrected chi connectivity index (χ0v) is 16.8. The molecule has 1 aromatic carbocycles. The normalized spacial score (nSPS) is 18.6. The zero-order chi connectivity index (χ0) is 20.2. The molecule has 0 saturated carbocycles. The minimum absolute atomic E-state index is 0.0213. The number of nitrogens with zero attached hydrogens (tertiary/aromatic N) is 4. The van der Waals surface area contributed by atoms with Crippen LogP contribution in [0.4, 0.5) is 0 Å². The van der Waals surface area contributed by atoms with E-state index in [9.17, 15) is 14.4 Å². The number of rotatable bonds is 3. The topological polar surface area (TPSA) is 75.5 Å². The number of para-hydroxylation sites is 1. The summed E-state index contributed by atoms with van der Waals surface area (Å²) in [5.74, 6) is 0.280. The molecule has 2 fully saturated rings. The molecule has 0 bridgehead atoms. The first-order valence-corrected chi connectivity index (χ1v) is 10.6. The fourth-order valence-electron chi connectivity index (χ4n) is 4.44. The van der Waals surface area contributed by atoms with E-state index in [1.807, 2.05) is 28.0 Å². The van der Waals surface area contributed by atoms with Gasteiger partial charge in [-0.05, 0) is 37.8 Å². The highest BCUT2D eigenvalue weighted by atomic mass is 16.2. The molecule has 2 aliphatic heterocycles. The van der Waals surface area contributed by atoms with Crippen LogP contribution >= 0.6 is 0 Å². The van der Waals surface area contributed by atoms with E-state index < -0.39 is 0 Å². The number of likely N-dealkylation sites (tertiary alicyclic amines) is 2. The summed E-state index contributed by atoms with van der Waals surface area (Å²) in [5.41, 5.74) is 0.525. The van der Waals surface area contributed by atoms with E-state index in [2.05, 4.69) is 5.10 Å². The summed E-state index contributed by atoms with van der Waals surface area (Å²) in [4.78, 5) is 41.5. The summed E-state index contributed by atoms with van der Waals surface area (Å²) >= 11 is 0. The van der Waals surface area contributed by atoms with E-state index in [4.69, 9.17) is 0 Å². The van der Waals surface area contributed by atoms with Crippen molar-refractivity contribution in [2.75, 3.05) is 26.2 Å². The van der Waals surface area contributed by atoms with Gasteiger partial charge < -0.3 is 9.80 Å². The number of aromatic nitrogens is 2. The fraction of sp³-hybridized carbons (Fsp3) is 0.545. The summed E-state index contributed by atoms with van der Waals surface area (Å²) in [6.45, 7) is 3.06. The Hall–Kier alpha value is -2.70. The van der Waals surface area contributed by atoms with Crippen LogP contribution in [0.2, 0.25) is 0 Å².